The maximum absolute atomic E-state index is 3.26. The second-order valence-electron chi connectivity index (χ2n) is 12.0. The molecule has 0 aromatic heterocycles. The zero-order valence-electron chi connectivity index (χ0n) is 23.1. The van der Waals surface area contributed by atoms with Gasteiger partial charge in [-0.25, -0.2) is 0 Å². The summed E-state index contributed by atoms with van der Waals surface area (Å²) in [5, 5.41) is 0. The monoisotopic (exact) mass is 562 g/mol. The molecule has 2 atom stereocenters. The van der Waals surface area contributed by atoms with Crippen molar-refractivity contribution in [1.82, 2.24) is 28.6 Å². The van der Waals surface area contributed by atoms with Crippen LogP contribution in [0.5, 0.6) is 0 Å². The largest absolute Gasteiger partial charge is 0.345 e. The zero-order chi connectivity index (χ0) is 24.3. The molecule has 0 bridgehead atoms. The van der Waals surface area contributed by atoms with Crippen LogP contribution in [-0.4, -0.2) is 126 Å². The summed E-state index contributed by atoms with van der Waals surface area (Å²) in [5.74, 6) is 0. The first-order chi connectivity index (χ1) is 13.7. The third-order valence-electron chi connectivity index (χ3n) is 9.01. The van der Waals surface area contributed by atoms with Crippen LogP contribution in [0.3, 0.4) is 0 Å². The highest BCUT2D eigenvalue weighted by Gasteiger charge is 2.75. The predicted octanol–water partition coefficient (Wildman–Crippen LogP) is 2.39. The Morgan fingerprint density at radius 2 is 0.935 bits per heavy atom. The Bertz CT molecular complexity index is 737. The molecule has 0 aliphatic carbocycles. The number of hydrogen-bond donors (Lipinski definition) is 0. The van der Waals surface area contributed by atoms with Gasteiger partial charge in [0.1, 0.15) is 8.24 Å². The molecule has 0 N–H and O–H groups in total. The Morgan fingerprint density at radius 1 is 0.548 bits per heavy atom. The normalized spacial score (nSPS) is 39.1. The highest BCUT2D eigenvalue weighted by molar-refractivity contribution is 7.18. The Kier molecular flexibility index (Phi) is 6.74. The van der Waals surface area contributed by atoms with Crippen LogP contribution in [0, 0.1) is 0 Å². The molecule has 3 heterocycles. The minimum absolute atomic E-state index is 0.635. The summed E-state index contributed by atoms with van der Waals surface area (Å²) >= 11 is 0. The van der Waals surface area contributed by atoms with Gasteiger partial charge in [0.15, 0.2) is 16.8 Å². The van der Waals surface area contributed by atoms with Crippen molar-refractivity contribution in [2.45, 2.75) is 78.6 Å². The number of nitrogens with zero attached hydrogens (tertiary/aromatic N) is 7. The molecule has 3 fully saturated rings. The lowest BCUT2D eigenvalue weighted by Gasteiger charge is -2.79. The molecule has 0 spiro atoms. The highest BCUT2D eigenvalue weighted by atomic mass is 28.6. The van der Waals surface area contributed by atoms with Crippen LogP contribution in [0.25, 0.3) is 0 Å². The van der Waals surface area contributed by atoms with E-state index in [2.05, 4.69) is 135 Å². The number of rotatable bonds is 1. The SMILES string of the molecule is CN1[Si](C)(C)N([Si](C)(C)C)[Si](C)N(C)[Si]2(C)N([Si](C)N(C)[Si]3(C)N(C)[Si](C)N32)[Si]1(C)C. The third kappa shape index (κ3) is 3.26. The first-order valence-electron chi connectivity index (χ1n) is 11.6. The molecule has 15 heteroatoms. The van der Waals surface area contributed by atoms with E-state index >= 15 is 0 Å². The molecule has 3 aliphatic rings. The van der Waals surface area contributed by atoms with Gasteiger partial charge in [0.2, 0.25) is 27.4 Å². The highest BCUT2D eigenvalue weighted by Crippen LogP contribution is 2.47. The van der Waals surface area contributed by atoms with Crippen molar-refractivity contribution in [3.05, 3.63) is 0 Å². The minimum atomic E-state index is -1.99. The molecular formula is C16H48N7Si8. The molecule has 3 saturated heterocycles. The van der Waals surface area contributed by atoms with E-state index in [1.807, 2.05) is 0 Å². The van der Waals surface area contributed by atoms with Crippen LogP contribution in [0.1, 0.15) is 0 Å². The van der Waals surface area contributed by atoms with E-state index in [0.29, 0.717) is 0 Å². The fourth-order valence-corrected chi connectivity index (χ4v) is 73.3. The molecular weight excluding hydrogens is 515 g/mol. The molecule has 31 heavy (non-hydrogen) atoms. The Hall–Kier alpha value is 1.46. The molecule has 179 valence electrons. The van der Waals surface area contributed by atoms with E-state index in [0.717, 1.165) is 0 Å². The second-order valence-corrected chi connectivity index (χ2v) is 44.7. The van der Waals surface area contributed by atoms with Gasteiger partial charge in [-0.15, -0.1) is 0 Å². The molecule has 3 rings (SSSR count). The van der Waals surface area contributed by atoms with Crippen molar-refractivity contribution in [3.8, 4) is 0 Å². The van der Waals surface area contributed by atoms with Crippen molar-refractivity contribution in [2.75, 3.05) is 28.2 Å². The molecule has 7 nitrogen and oxygen atoms in total. The van der Waals surface area contributed by atoms with Crippen LogP contribution >= 0.6 is 0 Å². The maximum Gasteiger partial charge on any atom is 0.263 e. The van der Waals surface area contributed by atoms with Crippen molar-refractivity contribution in [1.29, 1.82) is 0 Å². The van der Waals surface area contributed by atoms with Gasteiger partial charge in [-0.3, -0.25) is 0 Å². The molecule has 2 unspecified atom stereocenters. The van der Waals surface area contributed by atoms with Crippen molar-refractivity contribution < 1.29 is 0 Å². The van der Waals surface area contributed by atoms with E-state index < -0.39 is 69.5 Å². The van der Waals surface area contributed by atoms with Crippen molar-refractivity contribution in [3.63, 3.8) is 0 Å². The number of hydrogen-bond acceptors (Lipinski definition) is 7. The molecule has 0 aromatic rings. The molecule has 0 aromatic carbocycles. The van der Waals surface area contributed by atoms with Gasteiger partial charge in [0.25, 0.3) is 17.1 Å². The van der Waals surface area contributed by atoms with Crippen LogP contribution in [0.4, 0.5) is 0 Å². The maximum atomic E-state index is 3.26. The zero-order valence-corrected chi connectivity index (χ0v) is 31.1. The first kappa shape index (κ1) is 27.0. The van der Waals surface area contributed by atoms with Crippen molar-refractivity contribution >= 4 is 69.5 Å². The van der Waals surface area contributed by atoms with Gasteiger partial charge in [0.05, 0.1) is 0 Å². The molecule has 3 radical (unpaired) electrons. The first-order valence-corrected chi connectivity index (χ1v) is 31.2. The molecule has 0 amide bonds. The smallest absolute Gasteiger partial charge is 0.263 e. The topological polar surface area (TPSA) is 22.7 Å². The second kappa shape index (κ2) is 7.72. The van der Waals surface area contributed by atoms with Crippen molar-refractivity contribution in [2.24, 2.45) is 0 Å². The van der Waals surface area contributed by atoms with Gasteiger partial charge in [0, 0.05) is 0 Å². The molecule has 0 saturated carbocycles. The van der Waals surface area contributed by atoms with Gasteiger partial charge in [-0.05, 0) is 87.1 Å². The van der Waals surface area contributed by atoms with Gasteiger partial charge in [-0.2, -0.15) is 0 Å². The minimum Gasteiger partial charge on any atom is -0.345 e. The lowest BCUT2D eigenvalue weighted by atomic mass is 11.6. The summed E-state index contributed by atoms with van der Waals surface area (Å²) in [5.41, 5.74) is 0. The summed E-state index contributed by atoms with van der Waals surface area (Å²) in [7, 11) is -0.988. The van der Waals surface area contributed by atoms with Crippen LogP contribution in [-0.2, 0) is 0 Å². The van der Waals surface area contributed by atoms with E-state index in [1.54, 1.807) is 0 Å². The standard InChI is InChI=1S/C16H48N7Si8/c1-17-25(6)22-29(13,14)20(4)28(11,12)21(27(8,9)10)24(5)19(3)31(22,16)23-26(7)18(2)30(17,23)15/h1-16H3. The van der Waals surface area contributed by atoms with E-state index in [-0.39, 0.29) is 0 Å². The average molecular weight is 563 g/mol. The Labute approximate surface area is 204 Å². The summed E-state index contributed by atoms with van der Waals surface area (Å²) in [4.78, 5) is 0. The fourth-order valence-electron chi connectivity index (χ4n) is 7.16. The molecule has 3 aliphatic heterocycles. The lowest BCUT2D eigenvalue weighted by molar-refractivity contribution is 0.392. The van der Waals surface area contributed by atoms with E-state index in [1.165, 1.54) is 0 Å². The predicted molar refractivity (Wildman–Crippen MR) is 153 cm³/mol. The third-order valence-corrected chi connectivity index (χ3v) is 61.1. The Balaban J connectivity index is 2.32. The van der Waals surface area contributed by atoms with E-state index in [4.69, 9.17) is 0 Å². The summed E-state index contributed by atoms with van der Waals surface area (Å²) < 4.78 is 21.5. The van der Waals surface area contributed by atoms with Gasteiger partial charge in [-0.1, -0.05) is 19.6 Å². The quantitative estimate of drug-likeness (QED) is 0.452. The average Bonchev–Trinajstić information content (AvgIpc) is 2.62. The van der Waals surface area contributed by atoms with E-state index in [9.17, 15) is 0 Å². The van der Waals surface area contributed by atoms with Gasteiger partial charge < -0.3 is 28.6 Å². The summed E-state index contributed by atoms with van der Waals surface area (Å²) in [6.45, 7) is 31.8. The lowest BCUT2D eigenvalue weighted by Crippen LogP contribution is -3.06. The number of fused-ring (bicyclic) bond motifs is 3. The summed E-state index contributed by atoms with van der Waals surface area (Å²) in [6, 6.07) is 0. The van der Waals surface area contributed by atoms with Crippen LogP contribution < -0.4 is 0 Å². The van der Waals surface area contributed by atoms with Crippen LogP contribution in [0.2, 0.25) is 78.6 Å². The summed E-state index contributed by atoms with van der Waals surface area (Å²) in [6.07, 6.45) is 0. The fraction of sp³-hybridized carbons (Fsp3) is 1.00. The van der Waals surface area contributed by atoms with Crippen LogP contribution in [0.15, 0.2) is 0 Å². The van der Waals surface area contributed by atoms with Gasteiger partial charge >= 0.3 is 0 Å². The Morgan fingerprint density at radius 3 is 1.35 bits per heavy atom.